The van der Waals surface area contributed by atoms with Crippen LogP contribution in [-0.2, 0) is 4.74 Å². The number of aromatic nitrogens is 1. The number of halogens is 3. The first-order valence-corrected chi connectivity index (χ1v) is 4.91. The molecule has 1 rings (SSSR count). The molecule has 19 heavy (non-hydrogen) atoms. The van der Waals surface area contributed by atoms with E-state index in [9.17, 15) is 18.0 Å². The third kappa shape index (κ3) is 3.48. The van der Waals surface area contributed by atoms with Gasteiger partial charge in [-0.1, -0.05) is 0 Å². The van der Waals surface area contributed by atoms with Crippen molar-refractivity contribution in [2.75, 3.05) is 12.3 Å². The standard InChI is InChI=1S/C10H8F3N3O3/c1-2-18-9(17)7-5(3-14)8(6(15)4-16-7)19-10(11,12)13/h4H,2,15H2,1H3. The van der Waals surface area contributed by atoms with E-state index in [1.165, 1.54) is 13.0 Å². The van der Waals surface area contributed by atoms with E-state index < -0.39 is 35.0 Å². The predicted octanol–water partition coefficient (Wildman–Crippen LogP) is 1.61. The van der Waals surface area contributed by atoms with E-state index in [1.807, 2.05) is 0 Å². The summed E-state index contributed by atoms with van der Waals surface area (Å²) >= 11 is 0. The summed E-state index contributed by atoms with van der Waals surface area (Å²) in [6.07, 6.45) is -4.26. The summed E-state index contributed by atoms with van der Waals surface area (Å²) in [4.78, 5) is 14.9. The molecule has 102 valence electrons. The molecule has 0 spiro atoms. The van der Waals surface area contributed by atoms with Gasteiger partial charge in [-0.25, -0.2) is 9.78 Å². The summed E-state index contributed by atoms with van der Waals surface area (Å²) in [5.74, 6) is -2.00. The Morgan fingerprint density at radius 2 is 2.21 bits per heavy atom. The van der Waals surface area contributed by atoms with Crippen LogP contribution in [-0.4, -0.2) is 23.9 Å². The first-order valence-electron chi connectivity index (χ1n) is 4.91. The number of esters is 1. The zero-order valence-electron chi connectivity index (χ0n) is 9.61. The van der Waals surface area contributed by atoms with Crippen LogP contribution in [0.3, 0.4) is 0 Å². The second-order valence-electron chi connectivity index (χ2n) is 3.15. The van der Waals surface area contributed by atoms with Gasteiger partial charge in [0, 0.05) is 0 Å². The second-order valence-corrected chi connectivity index (χ2v) is 3.15. The number of nitrogens with zero attached hydrogens (tertiary/aromatic N) is 2. The number of hydrogen-bond acceptors (Lipinski definition) is 6. The van der Waals surface area contributed by atoms with E-state index >= 15 is 0 Å². The normalized spacial score (nSPS) is 10.7. The highest BCUT2D eigenvalue weighted by molar-refractivity contribution is 5.92. The highest BCUT2D eigenvalue weighted by Gasteiger charge is 2.35. The molecule has 0 radical (unpaired) electrons. The zero-order chi connectivity index (χ0) is 14.6. The van der Waals surface area contributed by atoms with Gasteiger partial charge in [0.15, 0.2) is 11.4 Å². The number of nitrogen functional groups attached to an aromatic ring is 1. The van der Waals surface area contributed by atoms with Gasteiger partial charge in [0.2, 0.25) is 0 Å². The Labute approximate surface area is 105 Å². The number of carbonyl (C=O) groups excluding carboxylic acids is 1. The van der Waals surface area contributed by atoms with Crippen LogP contribution >= 0.6 is 0 Å². The van der Waals surface area contributed by atoms with Crippen LogP contribution in [0.25, 0.3) is 0 Å². The van der Waals surface area contributed by atoms with Crippen molar-refractivity contribution in [3.63, 3.8) is 0 Å². The summed E-state index contributed by atoms with van der Waals surface area (Å²) in [6.45, 7) is 1.47. The first-order chi connectivity index (χ1) is 8.80. The largest absolute Gasteiger partial charge is 0.573 e. The molecule has 0 saturated carbocycles. The Balaban J connectivity index is 3.34. The molecule has 2 N–H and O–H groups in total. The Morgan fingerprint density at radius 3 is 2.68 bits per heavy atom. The van der Waals surface area contributed by atoms with Gasteiger partial charge in [0.1, 0.15) is 11.6 Å². The van der Waals surface area contributed by atoms with E-state index in [-0.39, 0.29) is 6.61 Å². The fourth-order valence-electron chi connectivity index (χ4n) is 1.19. The molecule has 1 heterocycles. The van der Waals surface area contributed by atoms with Crippen molar-refractivity contribution in [2.45, 2.75) is 13.3 Å². The maximum atomic E-state index is 12.2. The minimum Gasteiger partial charge on any atom is -0.461 e. The minimum atomic E-state index is -5.05. The average molecular weight is 275 g/mol. The van der Waals surface area contributed by atoms with Crippen LogP contribution in [0.5, 0.6) is 5.75 Å². The highest BCUT2D eigenvalue weighted by atomic mass is 19.4. The molecule has 0 unspecified atom stereocenters. The van der Waals surface area contributed by atoms with Gasteiger partial charge in [-0.2, -0.15) is 5.26 Å². The molecule has 0 fully saturated rings. The molecule has 0 aliphatic carbocycles. The zero-order valence-corrected chi connectivity index (χ0v) is 9.61. The van der Waals surface area contributed by atoms with Crippen molar-refractivity contribution >= 4 is 11.7 Å². The van der Waals surface area contributed by atoms with E-state index in [2.05, 4.69) is 14.5 Å². The third-order valence-corrected chi connectivity index (χ3v) is 1.86. The summed E-state index contributed by atoms with van der Waals surface area (Å²) in [5.41, 5.74) is 3.43. The van der Waals surface area contributed by atoms with Gasteiger partial charge in [0.05, 0.1) is 18.5 Å². The molecule has 6 nitrogen and oxygen atoms in total. The minimum absolute atomic E-state index is 0.0226. The Bertz CT molecular complexity index is 537. The van der Waals surface area contributed by atoms with Gasteiger partial charge >= 0.3 is 12.3 Å². The van der Waals surface area contributed by atoms with Crippen LogP contribution in [0.15, 0.2) is 6.20 Å². The number of nitrogens with two attached hydrogens (primary N) is 1. The van der Waals surface area contributed by atoms with Crippen molar-refractivity contribution in [3.8, 4) is 11.8 Å². The molecule has 0 atom stereocenters. The fourth-order valence-corrected chi connectivity index (χ4v) is 1.19. The lowest BCUT2D eigenvalue weighted by atomic mass is 10.1. The number of ether oxygens (including phenoxy) is 2. The second kappa shape index (κ2) is 5.43. The van der Waals surface area contributed by atoms with Crippen LogP contribution in [0.4, 0.5) is 18.9 Å². The molecule has 0 aliphatic heterocycles. The number of hydrogen-bond donors (Lipinski definition) is 1. The maximum absolute atomic E-state index is 12.2. The smallest absolute Gasteiger partial charge is 0.461 e. The topological polar surface area (TPSA) is 98.2 Å². The number of pyridine rings is 1. The highest BCUT2D eigenvalue weighted by Crippen LogP contribution is 2.32. The molecule has 0 amide bonds. The van der Waals surface area contributed by atoms with E-state index in [0.717, 1.165) is 6.20 Å². The Kier molecular flexibility index (Phi) is 4.16. The molecule has 1 aromatic heterocycles. The quantitative estimate of drug-likeness (QED) is 0.841. The van der Waals surface area contributed by atoms with Crippen molar-refractivity contribution in [1.82, 2.24) is 4.98 Å². The van der Waals surface area contributed by atoms with Crippen molar-refractivity contribution < 1.29 is 27.4 Å². The van der Waals surface area contributed by atoms with Gasteiger partial charge in [-0.3, -0.25) is 0 Å². The van der Waals surface area contributed by atoms with Crippen molar-refractivity contribution in [2.24, 2.45) is 0 Å². The molecule has 1 aromatic rings. The SMILES string of the molecule is CCOC(=O)c1ncc(N)c(OC(F)(F)F)c1C#N. The fraction of sp³-hybridized carbons (Fsp3) is 0.300. The first kappa shape index (κ1) is 14.6. The van der Waals surface area contributed by atoms with Crippen LogP contribution in [0, 0.1) is 11.3 Å². The summed E-state index contributed by atoms with van der Waals surface area (Å²) in [5, 5.41) is 8.84. The van der Waals surface area contributed by atoms with Gasteiger partial charge in [-0.15, -0.1) is 13.2 Å². The predicted molar refractivity (Wildman–Crippen MR) is 56.0 cm³/mol. The summed E-state index contributed by atoms with van der Waals surface area (Å²) in [7, 11) is 0. The Hall–Kier alpha value is -2.50. The van der Waals surface area contributed by atoms with Crippen molar-refractivity contribution in [1.29, 1.82) is 5.26 Å². The molecule has 0 aromatic carbocycles. The number of rotatable bonds is 3. The van der Waals surface area contributed by atoms with Crippen LogP contribution < -0.4 is 10.5 Å². The van der Waals surface area contributed by atoms with Gasteiger partial charge in [0.25, 0.3) is 0 Å². The lowest BCUT2D eigenvalue weighted by Gasteiger charge is -2.13. The molecule has 9 heteroatoms. The molecule has 0 aliphatic rings. The lowest BCUT2D eigenvalue weighted by molar-refractivity contribution is -0.274. The molecular weight excluding hydrogens is 267 g/mol. The molecule has 0 bridgehead atoms. The summed E-state index contributed by atoms with van der Waals surface area (Å²) in [6, 6.07) is 1.40. The van der Waals surface area contributed by atoms with Gasteiger partial charge in [-0.05, 0) is 6.92 Å². The lowest BCUT2D eigenvalue weighted by Crippen LogP contribution is -2.20. The van der Waals surface area contributed by atoms with E-state index in [1.54, 1.807) is 0 Å². The third-order valence-electron chi connectivity index (χ3n) is 1.86. The van der Waals surface area contributed by atoms with Crippen LogP contribution in [0.1, 0.15) is 23.0 Å². The van der Waals surface area contributed by atoms with Crippen LogP contribution in [0.2, 0.25) is 0 Å². The molecule has 0 saturated heterocycles. The van der Waals surface area contributed by atoms with E-state index in [0.29, 0.717) is 0 Å². The van der Waals surface area contributed by atoms with Gasteiger partial charge < -0.3 is 15.2 Å². The number of alkyl halides is 3. The molecular formula is C10H8F3N3O3. The number of nitriles is 1. The van der Waals surface area contributed by atoms with Crippen molar-refractivity contribution in [3.05, 3.63) is 17.5 Å². The average Bonchev–Trinajstić information content (AvgIpc) is 2.30. The monoisotopic (exact) mass is 275 g/mol. The number of anilines is 1. The number of carbonyl (C=O) groups is 1. The van der Waals surface area contributed by atoms with E-state index in [4.69, 9.17) is 11.0 Å². The summed E-state index contributed by atoms with van der Waals surface area (Å²) < 4.78 is 44.8. The Morgan fingerprint density at radius 1 is 1.58 bits per heavy atom. The maximum Gasteiger partial charge on any atom is 0.573 e.